The molecule has 22 heavy (non-hydrogen) atoms. The standard InChI is InChI=1S/C17H16FN3O/c1-2-21(15-10-8-14(18)9-11-15)12-16-19-17(20-22-16)13-6-4-3-5-7-13/h3-11H,2,12H2,1H3. The number of hydrogen-bond acceptors (Lipinski definition) is 4. The van der Waals surface area contributed by atoms with Crippen LogP contribution in [0.4, 0.5) is 10.1 Å². The first kappa shape index (κ1) is 14.3. The third kappa shape index (κ3) is 3.14. The second-order valence-electron chi connectivity index (χ2n) is 4.87. The molecule has 0 atom stereocenters. The molecule has 3 aromatic rings. The summed E-state index contributed by atoms with van der Waals surface area (Å²) in [5, 5.41) is 4.01. The van der Waals surface area contributed by atoms with Crippen molar-refractivity contribution in [2.75, 3.05) is 11.4 Å². The first-order valence-corrected chi connectivity index (χ1v) is 7.15. The summed E-state index contributed by atoms with van der Waals surface area (Å²) >= 11 is 0. The molecule has 0 fully saturated rings. The highest BCUT2D eigenvalue weighted by Gasteiger charge is 2.12. The zero-order valence-corrected chi connectivity index (χ0v) is 12.2. The van der Waals surface area contributed by atoms with Crippen LogP contribution in [0.25, 0.3) is 11.4 Å². The first-order valence-electron chi connectivity index (χ1n) is 7.15. The lowest BCUT2D eigenvalue weighted by Crippen LogP contribution is -2.22. The van der Waals surface area contributed by atoms with Crippen LogP contribution in [-0.4, -0.2) is 16.7 Å². The van der Waals surface area contributed by atoms with Gasteiger partial charge in [-0.05, 0) is 31.2 Å². The fraction of sp³-hybridized carbons (Fsp3) is 0.176. The molecule has 0 aliphatic carbocycles. The van der Waals surface area contributed by atoms with Crippen molar-refractivity contribution in [2.45, 2.75) is 13.5 Å². The Morgan fingerprint density at radius 3 is 2.45 bits per heavy atom. The molecule has 0 unspecified atom stereocenters. The minimum atomic E-state index is -0.246. The molecule has 112 valence electrons. The van der Waals surface area contributed by atoms with E-state index < -0.39 is 0 Å². The Balaban J connectivity index is 1.77. The third-order valence-electron chi connectivity index (χ3n) is 3.40. The van der Waals surface area contributed by atoms with Crippen molar-refractivity contribution < 1.29 is 8.91 Å². The molecule has 5 heteroatoms. The van der Waals surface area contributed by atoms with Crippen LogP contribution in [0, 0.1) is 5.82 Å². The number of aromatic nitrogens is 2. The Kier molecular flexibility index (Phi) is 4.14. The SMILES string of the molecule is CCN(Cc1nc(-c2ccccc2)no1)c1ccc(F)cc1. The highest BCUT2D eigenvalue weighted by atomic mass is 19.1. The molecular formula is C17H16FN3O. The van der Waals surface area contributed by atoms with E-state index in [0.717, 1.165) is 17.8 Å². The molecule has 0 amide bonds. The van der Waals surface area contributed by atoms with Gasteiger partial charge in [0.25, 0.3) is 0 Å². The van der Waals surface area contributed by atoms with E-state index in [0.29, 0.717) is 18.3 Å². The average molecular weight is 297 g/mol. The lowest BCUT2D eigenvalue weighted by molar-refractivity contribution is 0.377. The van der Waals surface area contributed by atoms with E-state index in [9.17, 15) is 4.39 Å². The molecule has 0 saturated carbocycles. The predicted octanol–water partition coefficient (Wildman–Crippen LogP) is 3.90. The zero-order chi connectivity index (χ0) is 15.4. The van der Waals surface area contributed by atoms with Gasteiger partial charge in [-0.2, -0.15) is 4.98 Å². The van der Waals surface area contributed by atoms with Crippen LogP contribution >= 0.6 is 0 Å². The number of anilines is 1. The highest BCUT2D eigenvalue weighted by molar-refractivity contribution is 5.53. The van der Waals surface area contributed by atoms with Crippen LogP contribution in [0.2, 0.25) is 0 Å². The van der Waals surface area contributed by atoms with E-state index in [2.05, 4.69) is 10.1 Å². The summed E-state index contributed by atoms with van der Waals surface area (Å²) in [7, 11) is 0. The Hall–Kier alpha value is -2.69. The van der Waals surface area contributed by atoms with Crippen molar-refractivity contribution in [3.63, 3.8) is 0 Å². The molecule has 2 aromatic carbocycles. The second kappa shape index (κ2) is 6.39. The Labute approximate surface area is 128 Å². The fourth-order valence-corrected chi connectivity index (χ4v) is 2.22. The summed E-state index contributed by atoms with van der Waals surface area (Å²) in [6.07, 6.45) is 0. The lowest BCUT2D eigenvalue weighted by atomic mass is 10.2. The van der Waals surface area contributed by atoms with Crippen LogP contribution in [0.15, 0.2) is 59.1 Å². The van der Waals surface area contributed by atoms with E-state index >= 15 is 0 Å². The highest BCUT2D eigenvalue weighted by Crippen LogP contribution is 2.19. The number of benzene rings is 2. The van der Waals surface area contributed by atoms with E-state index in [1.807, 2.05) is 42.2 Å². The van der Waals surface area contributed by atoms with Crippen LogP contribution in [0.3, 0.4) is 0 Å². The van der Waals surface area contributed by atoms with Crippen LogP contribution in [0.1, 0.15) is 12.8 Å². The van der Waals surface area contributed by atoms with Gasteiger partial charge in [0.05, 0.1) is 6.54 Å². The number of hydrogen-bond donors (Lipinski definition) is 0. The minimum absolute atomic E-state index is 0.246. The Bertz CT molecular complexity index is 725. The van der Waals surface area contributed by atoms with Gasteiger partial charge < -0.3 is 9.42 Å². The molecule has 3 rings (SSSR count). The maximum absolute atomic E-state index is 13.0. The van der Waals surface area contributed by atoms with Gasteiger partial charge in [0.2, 0.25) is 11.7 Å². The van der Waals surface area contributed by atoms with Gasteiger partial charge in [0, 0.05) is 17.8 Å². The Morgan fingerprint density at radius 1 is 1.05 bits per heavy atom. The zero-order valence-electron chi connectivity index (χ0n) is 12.2. The molecule has 4 nitrogen and oxygen atoms in total. The van der Waals surface area contributed by atoms with E-state index in [1.165, 1.54) is 12.1 Å². The van der Waals surface area contributed by atoms with Crippen molar-refractivity contribution in [2.24, 2.45) is 0 Å². The third-order valence-corrected chi connectivity index (χ3v) is 3.40. The predicted molar refractivity (Wildman–Crippen MR) is 82.9 cm³/mol. The van der Waals surface area contributed by atoms with Crippen molar-refractivity contribution >= 4 is 5.69 Å². The molecule has 0 spiro atoms. The quantitative estimate of drug-likeness (QED) is 0.716. The number of rotatable bonds is 5. The molecule has 0 aliphatic heterocycles. The van der Waals surface area contributed by atoms with Crippen molar-refractivity contribution in [1.29, 1.82) is 0 Å². The van der Waals surface area contributed by atoms with Gasteiger partial charge in [-0.15, -0.1) is 0 Å². The van der Waals surface area contributed by atoms with Gasteiger partial charge in [-0.1, -0.05) is 35.5 Å². The second-order valence-corrected chi connectivity index (χ2v) is 4.87. The van der Waals surface area contributed by atoms with Crippen LogP contribution < -0.4 is 4.90 Å². The smallest absolute Gasteiger partial charge is 0.246 e. The molecule has 1 aromatic heterocycles. The van der Waals surface area contributed by atoms with Gasteiger partial charge in [-0.25, -0.2) is 4.39 Å². The maximum Gasteiger partial charge on any atom is 0.246 e. The topological polar surface area (TPSA) is 42.2 Å². The lowest BCUT2D eigenvalue weighted by Gasteiger charge is -2.20. The summed E-state index contributed by atoms with van der Waals surface area (Å²) in [6.45, 7) is 3.27. The van der Waals surface area contributed by atoms with E-state index in [-0.39, 0.29) is 5.82 Å². The van der Waals surface area contributed by atoms with Crippen molar-refractivity contribution in [3.8, 4) is 11.4 Å². The van der Waals surface area contributed by atoms with Crippen molar-refractivity contribution in [3.05, 3.63) is 66.3 Å². The summed E-state index contributed by atoms with van der Waals surface area (Å²) in [5.74, 6) is 0.861. The molecule has 1 heterocycles. The molecule has 0 N–H and O–H groups in total. The van der Waals surface area contributed by atoms with Gasteiger partial charge in [-0.3, -0.25) is 0 Å². The fourth-order valence-electron chi connectivity index (χ4n) is 2.22. The molecular weight excluding hydrogens is 281 g/mol. The number of nitrogens with zero attached hydrogens (tertiary/aromatic N) is 3. The van der Waals surface area contributed by atoms with E-state index in [1.54, 1.807) is 12.1 Å². The molecule has 0 bridgehead atoms. The average Bonchev–Trinajstić information content (AvgIpc) is 3.03. The van der Waals surface area contributed by atoms with Gasteiger partial charge in [0.1, 0.15) is 5.82 Å². The summed E-state index contributed by atoms with van der Waals surface area (Å²) in [6, 6.07) is 16.1. The monoisotopic (exact) mass is 297 g/mol. The van der Waals surface area contributed by atoms with Crippen molar-refractivity contribution in [1.82, 2.24) is 10.1 Å². The summed E-state index contributed by atoms with van der Waals surface area (Å²) in [5.41, 5.74) is 1.84. The van der Waals surface area contributed by atoms with Crippen LogP contribution in [0.5, 0.6) is 0 Å². The van der Waals surface area contributed by atoms with Crippen LogP contribution in [-0.2, 0) is 6.54 Å². The largest absolute Gasteiger partial charge is 0.362 e. The maximum atomic E-state index is 13.0. The van der Waals surface area contributed by atoms with E-state index in [4.69, 9.17) is 4.52 Å². The van der Waals surface area contributed by atoms with Gasteiger partial charge in [0.15, 0.2) is 0 Å². The molecule has 0 radical (unpaired) electrons. The normalized spacial score (nSPS) is 10.6. The number of halogens is 1. The summed E-state index contributed by atoms with van der Waals surface area (Å²) in [4.78, 5) is 6.46. The minimum Gasteiger partial charge on any atom is -0.362 e. The van der Waals surface area contributed by atoms with Gasteiger partial charge >= 0.3 is 0 Å². The Morgan fingerprint density at radius 2 is 1.77 bits per heavy atom. The molecule has 0 aliphatic rings. The molecule has 0 saturated heterocycles. The summed E-state index contributed by atoms with van der Waals surface area (Å²) < 4.78 is 18.3. The first-order chi connectivity index (χ1) is 10.8.